The zero-order valence-corrected chi connectivity index (χ0v) is 18.8. The molecule has 1 fully saturated rings. The van der Waals surface area contributed by atoms with Crippen molar-refractivity contribution in [2.75, 3.05) is 0 Å². The molecule has 1 aliphatic rings. The molecule has 4 nitrogen and oxygen atoms in total. The van der Waals surface area contributed by atoms with Crippen molar-refractivity contribution in [1.29, 1.82) is 0 Å². The maximum atomic E-state index is 12.2. The van der Waals surface area contributed by atoms with E-state index in [1.807, 2.05) is 6.92 Å². The Morgan fingerprint density at radius 3 is 1.89 bits per heavy atom. The van der Waals surface area contributed by atoms with Gasteiger partial charge in [0.2, 0.25) is 10.0 Å². The van der Waals surface area contributed by atoms with Gasteiger partial charge in [-0.25, -0.2) is 13.1 Å². The van der Waals surface area contributed by atoms with Gasteiger partial charge in [0.05, 0.1) is 4.90 Å². The van der Waals surface area contributed by atoms with Gasteiger partial charge in [-0.05, 0) is 56.9 Å². The van der Waals surface area contributed by atoms with E-state index in [9.17, 15) is 8.42 Å². The van der Waals surface area contributed by atoms with Crippen LogP contribution in [0.5, 0.6) is 0 Å². The second-order valence-corrected chi connectivity index (χ2v) is 8.79. The molecule has 0 saturated heterocycles. The molecule has 0 unspecified atom stereocenters. The molecule has 6 heteroatoms. The van der Waals surface area contributed by atoms with Crippen LogP contribution in [0.3, 0.4) is 0 Å². The van der Waals surface area contributed by atoms with Gasteiger partial charge in [-0.2, -0.15) is 0 Å². The van der Waals surface area contributed by atoms with Crippen molar-refractivity contribution in [3.05, 3.63) is 65.2 Å². The first-order chi connectivity index (χ1) is 12.3. The average Bonchev–Trinajstić information content (AvgIpc) is 2.60. The van der Waals surface area contributed by atoms with Crippen LogP contribution < -0.4 is 10.5 Å². The molecular formula is C21H30N2O2RuS. The van der Waals surface area contributed by atoms with Crippen molar-refractivity contribution >= 4 is 10.0 Å². The molecule has 2 aromatic rings. The number of aryl methyl sites for hydroxylation is 3. The predicted molar refractivity (Wildman–Crippen MR) is 108 cm³/mol. The first kappa shape index (κ1) is 24.0. The van der Waals surface area contributed by atoms with E-state index >= 15 is 0 Å². The number of hydrogen-bond donors (Lipinski definition) is 2. The van der Waals surface area contributed by atoms with Crippen LogP contribution in [-0.2, 0) is 29.5 Å². The molecule has 1 aliphatic carbocycles. The number of benzene rings is 2. The van der Waals surface area contributed by atoms with Crippen molar-refractivity contribution in [2.45, 2.75) is 63.4 Å². The summed E-state index contributed by atoms with van der Waals surface area (Å²) in [5.74, 6) is 0. The summed E-state index contributed by atoms with van der Waals surface area (Å²) in [6.45, 7) is 6.17. The molecule has 3 rings (SSSR count). The molecule has 0 bridgehead atoms. The van der Waals surface area contributed by atoms with Crippen molar-refractivity contribution in [3.63, 3.8) is 0 Å². The topological polar surface area (TPSA) is 72.2 Å². The Morgan fingerprint density at radius 1 is 0.889 bits per heavy atom. The van der Waals surface area contributed by atoms with Crippen LogP contribution >= 0.6 is 0 Å². The van der Waals surface area contributed by atoms with Gasteiger partial charge in [0, 0.05) is 31.6 Å². The van der Waals surface area contributed by atoms with Crippen LogP contribution in [0.25, 0.3) is 0 Å². The summed E-state index contributed by atoms with van der Waals surface area (Å²) in [5.41, 5.74) is 9.74. The summed E-state index contributed by atoms with van der Waals surface area (Å²) in [4.78, 5) is 0.311. The summed E-state index contributed by atoms with van der Waals surface area (Å²) in [6, 6.07) is 15.0. The Kier molecular flexibility index (Phi) is 9.82. The number of rotatable bonds is 3. The third kappa shape index (κ3) is 7.46. The number of hydrogen-bond acceptors (Lipinski definition) is 3. The standard InChI is InChI=1S/C13H20N2O2S.C8H10.Ru/c1-10-6-8-11(9-7-10)18(16,17)15-13-5-3-2-4-12(13)14;1-7-5-3-4-6-8(7)2;/h6-9,12-13,15H,2-5,14H2,1H3;3-6H,1-2H3;/t12-,13-;;/m0../s1. The zero-order chi connectivity index (χ0) is 19.2. The summed E-state index contributed by atoms with van der Waals surface area (Å²) in [6.07, 6.45) is 3.84. The molecule has 0 amide bonds. The number of nitrogens with one attached hydrogen (secondary N) is 1. The van der Waals surface area contributed by atoms with Crippen LogP contribution in [0.15, 0.2) is 53.4 Å². The zero-order valence-electron chi connectivity index (χ0n) is 16.3. The molecule has 0 aliphatic heterocycles. The van der Waals surface area contributed by atoms with Gasteiger partial charge in [-0.3, -0.25) is 0 Å². The largest absolute Gasteiger partial charge is 0.326 e. The normalized spacial score (nSPS) is 19.4. The average molecular weight is 476 g/mol. The minimum Gasteiger partial charge on any atom is -0.326 e. The third-order valence-corrected chi connectivity index (χ3v) is 6.39. The van der Waals surface area contributed by atoms with Gasteiger partial charge in [0.15, 0.2) is 0 Å². The molecule has 2 atom stereocenters. The molecule has 0 radical (unpaired) electrons. The van der Waals surface area contributed by atoms with Gasteiger partial charge in [0.25, 0.3) is 0 Å². The third-order valence-electron chi connectivity index (χ3n) is 4.88. The fourth-order valence-corrected chi connectivity index (χ4v) is 4.27. The molecule has 0 aromatic heterocycles. The summed E-state index contributed by atoms with van der Waals surface area (Å²) in [7, 11) is -3.44. The Bertz CT molecular complexity index is 786. The van der Waals surface area contributed by atoms with E-state index in [1.54, 1.807) is 24.3 Å². The predicted octanol–water partition coefficient (Wildman–Crippen LogP) is 3.84. The SMILES string of the molecule is Cc1ccc(S(=O)(=O)N[C@H]2CCCC[C@@H]2N)cc1.Cc1ccccc1C.[Ru]. The molecule has 150 valence electrons. The quantitative estimate of drug-likeness (QED) is 0.663. The fourth-order valence-electron chi connectivity index (χ4n) is 2.95. The summed E-state index contributed by atoms with van der Waals surface area (Å²) in [5, 5.41) is 0. The first-order valence-corrected chi connectivity index (χ1v) is 10.6. The summed E-state index contributed by atoms with van der Waals surface area (Å²) >= 11 is 0. The smallest absolute Gasteiger partial charge is 0.240 e. The molecular weight excluding hydrogens is 445 g/mol. The van der Waals surface area contributed by atoms with Gasteiger partial charge in [-0.15, -0.1) is 0 Å². The Morgan fingerprint density at radius 2 is 1.41 bits per heavy atom. The van der Waals surface area contributed by atoms with Gasteiger partial charge in [-0.1, -0.05) is 54.8 Å². The fraction of sp³-hybridized carbons (Fsp3) is 0.429. The van der Waals surface area contributed by atoms with E-state index in [-0.39, 0.29) is 31.6 Å². The second-order valence-electron chi connectivity index (χ2n) is 7.07. The van der Waals surface area contributed by atoms with E-state index in [0.29, 0.717) is 4.90 Å². The molecule has 1 saturated carbocycles. The molecule has 3 N–H and O–H groups in total. The maximum absolute atomic E-state index is 12.2. The van der Waals surface area contributed by atoms with Crippen LogP contribution in [0.2, 0.25) is 0 Å². The van der Waals surface area contributed by atoms with E-state index < -0.39 is 10.0 Å². The minimum absolute atomic E-state index is 0. The second kappa shape index (κ2) is 11.1. The number of nitrogens with two attached hydrogens (primary N) is 1. The van der Waals surface area contributed by atoms with Crippen molar-refractivity contribution in [1.82, 2.24) is 4.72 Å². The van der Waals surface area contributed by atoms with E-state index in [2.05, 4.69) is 42.8 Å². The Labute approximate surface area is 176 Å². The van der Waals surface area contributed by atoms with E-state index in [4.69, 9.17) is 5.73 Å². The monoisotopic (exact) mass is 476 g/mol. The van der Waals surface area contributed by atoms with Crippen LogP contribution in [0.4, 0.5) is 0 Å². The Balaban J connectivity index is 0.000000342. The minimum atomic E-state index is -3.44. The molecule has 27 heavy (non-hydrogen) atoms. The Hall–Kier alpha value is -1.07. The summed E-state index contributed by atoms with van der Waals surface area (Å²) < 4.78 is 27.1. The first-order valence-electron chi connectivity index (χ1n) is 9.16. The van der Waals surface area contributed by atoms with Crippen molar-refractivity contribution in [2.24, 2.45) is 5.73 Å². The van der Waals surface area contributed by atoms with Crippen LogP contribution in [0, 0.1) is 20.8 Å². The van der Waals surface area contributed by atoms with Gasteiger partial charge in [0.1, 0.15) is 0 Å². The van der Waals surface area contributed by atoms with Crippen molar-refractivity contribution < 1.29 is 27.9 Å². The molecule has 0 heterocycles. The van der Waals surface area contributed by atoms with E-state index in [0.717, 1.165) is 31.2 Å². The molecule has 2 aromatic carbocycles. The maximum Gasteiger partial charge on any atom is 0.240 e. The van der Waals surface area contributed by atoms with E-state index in [1.165, 1.54) is 11.1 Å². The van der Waals surface area contributed by atoms with Gasteiger partial charge < -0.3 is 5.73 Å². The van der Waals surface area contributed by atoms with Gasteiger partial charge >= 0.3 is 0 Å². The number of sulfonamides is 1. The van der Waals surface area contributed by atoms with Crippen LogP contribution in [-0.4, -0.2) is 20.5 Å². The van der Waals surface area contributed by atoms with Crippen molar-refractivity contribution in [3.8, 4) is 0 Å². The molecule has 0 spiro atoms. The van der Waals surface area contributed by atoms with Crippen LogP contribution in [0.1, 0.15) is 42.4 Å².